The van der Waals surface area contributed by atoms with Crippen LogP contribution < -0.4 is 15.2 Å². The molecule has 3 N–H and O–H groups in total. The molecular formula is C18H21N3O4S. The number of rotatable bonds is 7. The van der Waals surface area contributed by atoms with Crippen molar-refractivity contribution in [3.63, 3.8) is 0 Å². The van der Waals surface area contributed by atoms with E-state index in [1.165, 1.54) is 6.07 Å². The molecule has 1 unspecified atom stereocenters. The number of anilines is 1. The first-order chi connectivity index (χ1) is 12.5. The lowest BCUT2D eigenvalue weighted by atomic mass is 10.1. The number of ether oxygens (including phenoxy) is 2. The molecule has 138 valence electrons. The summed E-state index contributed by atoms with van der Waals surface area (Å²) in [6, 6.07) is 9.84. The fraction of sp³-hybridized carbons (Fsp3) is 0.222. The van der Waals surface area contributed by atoms with Gasteiger partial charge < -0.3 is 15.2 Å². The zero-order valence-corrected chi connectivity index (χ0v) is 15.6. The van der Waals surface area contributed by atoms with Crippen LogP contribution >= 0.6 is 0 Å². The third kappa shape index (κ3) is 4.68. The molecule has 26 heavy (non-hydrogen) atoms. The maximum absolute atomic E-state index is 12.0. The SMILES string of the molecule is CCOC(=O)c1cc(N)c(C=NC)c(Oc2ccc(S(=O)NC)cc2)c1. The molecule has 0 saturated carbocycles. The Hall–Kier alpha value is -2.71. The summed E-state index contributed by atoms with van der Waals surface area (Å²) in [5.41, 5.74) is 7.25. The van der Waals surface area contributed by atoms with Crippen LogP contribution in [0.25, 0.3) is 0 Å². The zero-order chi connectivity index (χ0) is 19.1. The third-order valence-electron chi connectivity index (χ3n) is 3.39. The quantitative estimate of drug-likeness (QED) is 0.440. The number of hydrogen-bond acceptors (Lipinski definition) is 6. The standard InChI is InChI=1S/C18H21N3O4S/c1-4-24-18(22)12-9-16(19)15(11-20-2)17(10-12)25-13-5-7-14(8-6-13)26(23)21-3/h5-11,21H,4,19H2,1-3H3. The molecule has 0 heterocycles. The molecule has 0 spiro atoms. The number of nitrogens with zero attached hydrogens (tertiary/aromatic N) is 1. The molecule has 0 saturated heterocycles. The van der Waals surface area contributed by atoms with Gasteiger partial charge in [0.05, 0.1) is 22.6 Å². The van der Waals surface area contributed by atoms with Crippen molar-refractivity contribution in [2.45, 2.75) is 11.8 Å². The van der Waals surface area contributed by atoms with Crippen LogP contribution in [0.2, 0.25) is 0 Å². The van der Waals surface area contributed by atoms with Gasteiger partial charge in [-0.3, -0.25) is 4.99 Å². The number of hydrogen-bond donors (Lipinski definition) is 2. The zero-order valence-electron chi connectivity index (χ0n) is 14.8. The second-order valence-electron chi connectivity index (χ2n) is 5.13. The largest absolute Gasteiger partial charge is 0.462 e. The van der Waals surface area contributed by atoms with E-state index in [1.54, 1.807) is 57.6 Å². The molecule has 1 atom stereocenters. The first kappa shape index (κ1) is 19.6. The Morgan fingerprint density at radius 3 is 2.58 bits per heavy atom. The van der Waals surface area contributed by atoms with Crippen molar-refractivity contribution >= 4 is 28.9 Å². The van der Waals surface area contributed by atoms with Crippen LogP contribution in [0.3, 0.4) is 0 Å². The van der Waals surface area contributed by atoms with Crippen molar-refractivity contribution in [2.24, 2.45) is 4.99 Å². The second-order valence-corrected chi connectivity index (χ2v) is 6.55. The molecule has 2 aromatic carbocycles. The van der Waals surface area contributed by atoms with Gasteiger partial charge in [0.15, 0.2) is 0 Å². The summed E-state index contributed by atoms with van der Waals surface area (Å²) in [6.45, 7) is 1.99. The van der Waals surface area contributed by atoms with Gasteiger partial charge in [0.1, 0.15) is 22.5 Å². The highest BCUT2D eigenvalue weighted by molar-refractivity contribution is 7.83. The van der Waals surface area contributed by atoms with E-state index in [0.717, 1.165) is 0 Å². The van der Waals surface area contributed by atoms with Crippen molar-refractivity contribution in [2.75, 3.05) is 26.4 Å². The summed E-state index contributed by atoms with van der Waals surface area (Å²) in [5.74, 6) is 0.401. The van der Waals surface area contributed by atoms with Gasteiger partial charge in [-0.15, -0.1) is 0 Å². The Morgan fingerprint density at radius 1 is 1.31 bits per heavy atom. The highest BCUT2D eigenvalue weighted by Gasteiger charge is 2.15. The minimum atomic E-state index is -1.28. The maximum atomic E-state index is 12.0. The number of nitrogen functional groups attached to an aromatic ring is 1. The number of esters is 1. The van der Waals surface area contributed by atoms with Crippen LogP contribution in [0.15, 0.2) is 46.3 Å². The van der Waals surface area contributed by atoms with Gasteiger partial charge in [-0.2, -0.15) is 0 Å². The van der Waals surface area contributed by atoms with Crippen LogP contribution in [0, 0.1) is 0 Å². The number of carbonyl (C=O) groups is 1. The number of nitrogens with one attached hydrogen (secondary N) is 1. The fourth-order valence-electron chi connectivity index (χ4n) is 2.21. The Labute approximate surface area is 154 Å². The first-order valence-electron chi connectivity index (χ1n) is 7.90. The molecule has 0 bridgehead atoms. The predicted octanol–water partition coefficient (Wildman–Crippen LogP) is 2.53. The van der Waals surface area contributed by atoms with E-state index >= 15 is 0 Å². The minimum absolute atomic E-state index is 0.261. The van der Waals surface area contributed by atoms with Crippen molar-refractivity contribution in [3.05, 3.63) is 47.5 Å². The smallest absolute Gasteiger partial charge is 0.338 e. The van der Waals surface area contributed by atoms with Gasteiger partial charge in [0.25, 0.3) is 0 Å². The van der Waals surface area contributed by atoms with E-state index in [4.69, 9.17) is 15.2 Å². The minimum Gasteiger partial charge on any atom is -0.462 e. The van der Waals surface area contributed by atoms with Gasteiger partial charge in [0, 0.05) is 18.9 Å². The number of carbonyl (C=O) groups excluding carboxylic acids is 1. The molecule has 0 aliphatic carbocycles. The Kier molecular flexibility index (Phi) is 6.88. The summed E-state index contributed by atoms with van der Waals surface area (Å²) in [4.78, 5) is 16.6. The normalized spacial score (nSPS) is 12.1. The van der Waals surface area contributed by atoms with E-state index in [1.807, 2.05) is 0 Å². The fourth-order valence-corrected chi connectivity index (χ4v) is 2.83. The van der Waals surface area contributed by atoms with E-state index in [9.17, 15) is 9.00 Å². The average Bonchev–Trinajstić information content (AvgIpc) is 2.64. The summed E-state index contributed by atoms with van der Waals surface area (Å²) >= 11 is 0. The highest BCUT2D eigenvalue weighted by atomic mass is 32.2. The summed E-state index contributed by atoms with van der Waals surface area (Å²) in [7, 11) is 1.95. The molecule has 0 aromatic heterocycles. The van der Waals surface area contributed by atoms with Gasteiger partial charge in [-0.1, -0.05) is 0 Å². The topological polar surface area (TPSA) is 103 Å². The maximum Gasteiger partial charge on any atom is 0.338 e. The molecule has 0 fully saturated rings. The van der Waals surface area contributed by atoms with Crippen LogP contribution in [0.4, 0.5) is 5.69 Å². The van der Waals surface area contributed by atoms with Gasteiger partial charge in [-0.25, -0.2) is 13.7 Å². The van der Waals surface area contributed by atoms with Crippen molar-refractivity contribution in [1.29, 1.82) is 0 Å². The van der Waals surface area contributed by atoms with Crippen LogP contribution in [-0.4, -0.2) is 37.1 Å². The molecule has 7 nitrogen and oxygen atoms in total. The number of nitrogens with two attached hydrogens (primary N) is 1. The Bertz CT molecular complexity index is 835. The molecule has 2 aromatic rings. The second kappa shape index (κ2) is 9.12. The van der Waals surface area contributed by atoms with Crippen LogP contribution in [-0.2, 0) is 15.7 Å². The lowest BCUT2D eigenvalue weighted by molar-refractivity contribution is 0.0526. The average molecular weight is 375 g/mol. The number of aliphatic imine (C=N–C) groups is 1. The summed E-state index contributed by atoms with van der Waals surface area (Å²) in [5, 5.41) is 0. The lowest BCUT2D eigenvalue weighted by Crippen LogP contribution is -2.10. The van der Waals surface area contributed by atoms with Gasteiger partial charge in [-0.05, 0) is 50.4 Å². The lowest BCUT2D eigenvalue weighted by Gasteiger charge is -2.13. The predicted molar refractivity (Wildman–Crippen MR) is 102 cm³/mol. The molecule has 8 heteroatoms. The molecular weight excluding hydrogens is 354 g/mol. The van der Waals surface area contributed by atoms with E-state index in [-0.39, 0.29) is 6.61 Å². The van der Waals surface area contributed by atoms with Crippen molar-refractivity contribution < 1.29 is 18.5 Å². The highest BCUT2D eigenvalue weighted by Crippen LogP contribution is 2.30. The first-order valence-corrected chi connectivity index (χ1v) is 9.05. The molecule has 0 aliphatic heterocycles. The van der Waals surface area contributed by atoms with E-state index in [2.05, 4.69) is 9.71 Å². The molecule has 2 rings (SSSR count). The third-order valence-corrected chi connectivity index (χ3v) is 4.47. The molecule has 0 amide bonds. The van der Waals surface area contributed by atoms with Crippen molar-refractivity contribution in [1.82, 2.24) is 4.72 Å². The molecule has 0 aliphatic rings. The van der Waals surface area contributed by atoms with Crippen LogP contribution in [0.5, 0.6) is 11.5 Å². The van der Waals surface area contributed by atoms with Crippen LogP contribution in [0.1, 0.15) is 22.8 Å². The molecule has 0 radical (unpaired) electrons. The van der Waals surface area contributed by atoms with Gasteiger partial charge >= 0.3 is 5.97 Å². The van der Waals surface area contributed by atoms with Gasteiger partial charge in [0.2, 0.25) is 0 Å². The summed E-state index contributed by atoms with van der Waals surface area (Å²) < 4.78 is 25.3. The van der Waals surface area contributed by atoms with Crippen molar-refractivity contribution in [3.8, 4) is 11.5 Å². The Balaban J connectivity index is 2.39. The van der Waals surface area contributed by atoms with E-state index < -0.39 is 17.0 Å². The van der Waals surface area contributed by atoms with E-state index in [0.29, 0.717) is 33.2 Å². The summed E-state index contributed by atoms with van der Waals surface area (Å²) in [6.07, 6.45) is 1.56. The Morgan fingerprint density at radius 2 is 2.00 bits per heavy atom. The number of benzene rings is 2. The monoisotopic (exact) mass is 375 g/mol.